The lowest BCUT2D eigenvalue weighted by Gasteiger charge is -2.27. The monoisotopic (exact) mass is 235 g/mol. The maximum Gasteiger partial charge on any atom is 0.0765 e. The van der Waals surface area contributed by atoms with E-state index in [1.807, 2.05) is 0 Å². The molecule has 96 valence electrons. The summed E-state index contributed by atoms with van der Waals surface area (Å²) in [7, 11) is 1.81. The fourth-order valence-corrected chi connectivity index (χ4v) is 2.25. The molecule has 17 heavy (non-hydrogen) atoms. The van der Waals surface area contributed by atoms with Crippen molar-refractivity contribution >= 4 is 0 Å². The van der Waals surface area contributed by atoms with E-state index in [2.05, 4.69) is 50.4 Å². The second kappa shape index (κ2) is 7.46. The van der Waals surface area contributed by atoms with Crippen molar-refractivity contribution in [1.82, 2.24) is 5.32 Å². The van der Waals surface area contributed by atoms with Crippen LogP contribution in [0.25, 0.3) is 0 Å². The Morgan fingerprint density at radius 2 is 2.06 bits per heavy atom. The number of rotatable bonds is 7. The van der Waals surface area contributed by atoms with Gasteiger partial charge in [0.2, 0.25) is 0 Å². The topological polar surface area (TPSA) is 21.3 Å². The molecule has 1 N–H and O–H groups in total. The van der Waals surface area contributed by atoms with Crippen LogP contribution in [0.15, 0.2) is 24.3 Å². The Hall–Kier alpha value is -0.860. The standard InChI is InChI=1S/C15H25NO/c1-5-8-14(17-4)15(16-6-2)13-10-7-9-12(3)11-13/h7,9-11,14-16H,5-6,8H2,1-4H3. The number of likely N-dealkylation sites (N-methyl/N-ethyl adjacent to an activating group) is 1. The Bertz CT molecular complexity index is 324. The van der Waals surface area contributed by atoms with Gasteiger partial charge < -0.3 is 10.1 Å². The van der Waals surface area contributed by atoms with Gasteiger partial charge in [-0.15, -0.1) is 0 Å². The molecule has 1 aromatic rings. The Morgan fingerprint density at radius 3 is 2.59 bits per heavy atom. The minimum atomic E-state index is 0.252. The molecule has 0 aliphatic carbocycles. The summed E-state index contributed by atoms with van der Waals surface area (Å²) in [4.78, 5) is 0. The molecule has 0 saturated heterocycles. The minimum Gasteiger partial charge on any atom is -0.379 e. The summed E-state index contributed by atoms with van der Waals surface area (Å²) < 4.78 is 5.64. The smallest absolute Gasteiger partial charge is 0.0765 e. The van der Waals surface area contributed by atoms with Gasteiger partial charge in [-0.2, -0.15) is 0 Å². The van der Waals surface area contributed by atoms with Crippen molar-refractivity contribution in [2.45, 2.75) is 45.8 Å². The third-order valence-corrected chi connectivity index (χ3v) is 3.07. The minimum absolute atomic E-state index is 0.252. The van der Waals surface area contributed by atoms with Gasteiger partial charge in [-0.3, -0.25) is 0 Å². The molecule has 0 fully saturated rings. The second-order valence-electron chi connectivity index (χ2n) is 4.51. The first-order chi connectivity index (χ1) is 8.22. The van der Waals surface area contributed by atoms with Gasteiger partial charge in [-0.05, 0) is 25.5 Å². The molecule has 0 spiro atoms. The molecule has 0 saturated carbocycles. The Kier molecular flexibility index (Phi) is 6.23. The maximum atomic E-state index is 5.64. The quantitative estimate of drug-likeness (QED) is 0.781. The van der Waals surface area contributed by atoms with Crippen molar-refractivity contribution in [3.8, 4) is 0 Å². The zero-order chi connectivity index (χ0) is 12.7. The van der Waals surface area contributed by atoms with Crippen molar-refractivity contribution < 1.29 is 4.74 Å². The molecule has 0 bridgehead atoms. The summed E-state index contributed by atoms with van der Waals surface area (Å²) in [5, 5.41) is 3.54. The summed E-state index contributed by atoms with van der Waals surface area (Å²) in [6, 6.07) is 8.98. The zero-order valence-corrected chi connectivity index (χ0v) is 11.5. The molecule has 2 atom stereocenters. The van der Waals surface area contributed by atoms with Crippen LogP contribution in [0.2, 0.25) is 0 Å². The van der Waals surface area contributed by atoms with Crippen LogP contribution < -0.4 is 5.32 Å². The summed E-state index contributed by atoms with van der Waals surface area (Å²) in [5.41, 5.74) is 2.63. The number of hydrogen-bond donors (Lipinski definition) is 1. The molecule has 1 aromatic carbocycles. The Labute approximate surface area is 105 Å². The summed E-state index contributed by atoms with van der Waals surface area (Å²) in [6.45, 7) is 7.43. The first-order valence-corrected chi connectivity index (χ1v) is 6.55. The second-order valence-corrected chi connectivity index (χ2v) is 4.51. The molecule has 2 nitrogen and oxygen atoms in total. The van der Waals surface area contributed by atoms with Crippen molar-refractivity contribution in [3.63, 3.8) is 0 Å². The number of ether oxygens (including phenoxy) is 1. The van der Waals surface area contributed by atoms with Crippen molar-refractivity contribution in [2.75, 3.05) is 13.7 Å². The highest BCUT2D eigenvalue weighted by molar-refractivity contribution is 5.26. The van der Waals surface area contributed by atoms with Gasteiger partial charge in [0.1, 0.15) is 0 Å². The van der Waals surface area contributed by atoms with E-state index in [0.29, 0.717) is 6.04 Å². The van der Waals surface area contributed by atoms with E-state index >= 15 is 0 Å². The summed E-state index contributed by atoms with van der Waals surface area (Å²) in [6.07, 6.45) is 2.48. The lowest BCUT2D eigenvalue weighted by atomic mass is 9.96. The SMILES string of the molecule is CCCC(OC)C(NCC)c1cccc(C)c1. The van der Waals surface area contributed by atoms with Crippen LogP contribution in [0.5, 0.6) is 0 Å². The third-order valence-electron chi connectivity index (χ3n) is 3.07. The van der Waals surface area contributed by atoms with Gasteiger partial charge in [-0.1, -0.05) is 50.1 Å². The number of methoxy groups -OCH3 is 1. The Morgan fingerprint density at radius 1 is 1.29 bits per heavy atom. The highest BCUT2D eigenvalue weighted by Gasteiger charge is 2.21. The van der Waals surface area contributed by atoms with Gasteiger partial charge in [0.05, 0.1) is 12.1 Å². The fourth-order valence-electron chi connectivity index (χ4n) is 2.25. The van der Waals surface area contributed by atoms with Crippen molar-refractivity contribution in [2.24, 2.45) is 0 Å². The van der Waals surface area contributed by atoms with Gasteiger partial charge in [0, 0.05) is 7.11 Å². The number of hydrogen-bond acceptors (Lipinski definition) is 2. The van der Waals surface area contributed by atoms with Crippen LogP contribution in [-0.2, 0) is 4.74 Å². The first-order valence-electron chi connectivity index (χ1n) is 6.55. The van der Waals surface area contributed by atoms with E-state index in [0.717, 1.165) is 19.4 Å². The molecule has 2 heteroatoms. The molecule has 0 aliphatic rings. The highest BCUT2D eigenvalue weighted by Crippen LogP contribution is 2.23. The summed E-state index contributed by atoms with van der Waals surface area (Å²) >= 11 is 0. The maximum absolute atomic E-state index is 5.64. The van der Waals surface area contributed by atoms with E-state index < -0.39 is 0 Å². The lowest BCUT2D eigenvalue weighted by molar-refractivity contribution is 0.0611. The Balaban J connectivity index is 2.90. The fraction of sp³-hybridized carbons (Fsp3) is 0.600. The van der Waals surface area contributed by atoms with Crippen molar-refractivity contribution in [3.05, 3.63) is 35.4 Å². The van der Waals surface area contributed by atoms with Crippen LogP contribution in [-0.4, -0.2) is 19.8 Å². The van der Waals surface area contributed by atoms with E-state index in [4.69, 9.17) is 4.74 Å². The van der Waals surface area contributed by atoms with Gasteiger partial charge >= 0.3 is 0 Å². The largest absolute Gasteiger partial charge is 0.379 e. The number of benzene rings is 1. The van der Waals surface area contributed by atoms with Gasteiger partial charge in [0.25, 0.3) is 0 Å². The van der Waals surface area contributed by atoms with Crippen LogP contribution in [0, 0.1) is 6.92 Å². The van der Waals surface area contributed by atoms with Crippen LogP contribution in [0.1, 0.15) is 43.9 Å². The van der Waals surface area contributed by atoms with E-state index in [9.17, 15) is 0 Å². The van der Waals surface area contributed by atoms with Crippen LogP contribution in [0.3, 0.4) is 0 Å². The predicted molar refractivity (Wildman–Crippen MR) is 73.3 cm³/mol. The normalized spacial score (nSPS) is 14.6. The molecule has 0 aromatic heterocycles. The lowest BCUT2D eigenvalue weighted by Crippen LogP contribution is -2.33. The molecule has 0 heterocycles. The number of aryl methyl sites for hydroxylation is 1. The molecular formula is C15H25NO. The molecule has 0 aliphatic heterocycles. The average Bonchev–Trinajstić information content (AvgIpc) is 2.33. The molecule has 0 radical (unpaired) electrons. The highest BCUT2D eigenvalue weighted by atomic mass is 16.5. The molecule has 2 unspecified atom stereocenters. The zero-order valence-electron chi connectivity index (χ0n) is 11.5. The average molecular weight is 235 g/mol. The first kappa shape index (κ1) is 14.2. The molecular weight excluding hydrogens is 210 g/mol. The van der Waals surface area contributed by atoms with E-state index in [1.54, 1.807) is 7.11 Å². The number of nitrogens with one attached hydrogen (secondary N) is 1. The van der Waals surface area contributed by atoms with Gasteiger partial charge in [-0.25, -0.2) is 0 Å². The van der Waals surface area contributed by atoms with Crippen LogP contribution in [0.4, 0.5) is 0 Å². The predicted octanol–water partition coefficient (Wildman–Crippen LogP) is 3.46. The third kappa shape index (κ3) is 4.14. The van der Waals surface area contributed by atoms with E-state index in [-0.39, 0.29) is 6.10 Å². The van der Waals surface area contributed by atoms with Crippen molar-refractivity contribution in [1.29, 1.82) is 0 Å². The molecule has 0 amide bonds. The molecule has 1 rings (SSSR count). The van der Waals surface area contributed by atoms with E-state index in [1.165, 1.54) is 11.1 Å². The van der Waals surface area contributed by atoms with Crippen LogP contribution >= 0.6 is 0 Å². The van der Waals surface area contributed by atoms with Gasteiger partial charge in [0.15, 0.2) is 0 Å². The summed E-state index contributed by atoms with van der Waals surface area (Å²) in [5.74, 6) is 0.